The van der Waals surface area contributed by atoms with Crippen LogP contribution in [0.25, 0.3) is 0 Å². The first-order chi connectivity index (χ1) is 6.78. The van der Waals surface area contributed by atoms with E-state index in [-0.39, 0.29) is 10.9 Å². The number of allylic oxidation sites excluding steroid dienone is 2. The molecular formula is C9H8BrFO4. The predicted octanol–water partition coefficient (Wildman–Crippen LogP) is 2.07. The minimum absolute atomic E-state index is 0.129. The van der Waals surface area contributed by atoms with E-state index in [1.165, 1.54) is 6.92 Å². The van der Waals surface area contributed by atoms with Gasteiger partial charge < -0.3 is 10.2 Å². The lowest BCUT2D eigenvalue weighted by molar-refractivity contribution is -0.145. The van der Waals surface area contributed by atoms with Gasteiger partial charge in [-0.05, 0) is 22.9 Å². The van der Waals surface area contributed by atoms with E-state index >= 15 is 0 Å². The zero-order valence-electron chi connectivity index (χ0n) is 7.75. The number of aliphatic carboxylic acids is 2. The van der Waals surface area contributed by atoms with Crippen molar-refractivity contribution in [3.05, 3.63) is 22.0 Å². The molecule has 2 N–H and O–H groups in total. The Hall–Kier alpha value is -1.17. The van der Waals surface area contributed by atoms with Gasteiger partial charge in [0.25, 0.3) is 0 Å². The van der Waals surface area contributed by atoms with Gasteiger partial charge in [-0.3, -0.25) is 4.79 Å². The maximum Gasteiger partial charge on any atom is 0.334 e. The molecule has 0 aromatic heterocycles. The van der Waals surface area contributed by atoms with Crippen LogP contribution in [0.5, 0.6) is 0 Å². The van der Waals surface area contributed by atoms with Crippen molar-refractivity contribution >= 4 is 27.9 Å². The second-order valence-electron chi connectivity index (χ2n) is 3.49. The summed E-state index contributed by atoms with van der Waals surface area (Å²) in [4.78, 5) is 21.6. The largest absolute Gasteiger partial charge is 0.481 e. The van der Waals surface area contributed by atoms with E-state index in [0.717, 1.165) is 6.08 Å². The van der Waals surface area contributed by atoms with Crippen molar-refractivity contribution < 1.29 is 24.2 Å². The number of carboxylic acids is 2. The van der Waals surface area contributed by atoms with Gasteiger partial charge in [0.1, 0.15) is 5.83 Å². The van der Waals surface area contributed by atoms with Crippen molar-refractivity contribution in [2.24, 2.45) is 5.41 Å². The van der Waals surface area contributed by atoms with Crippen LogP contribution < -0.4 is 0 Å². The highest BCUT2D eigenvalue weighted by Crippen LogP contribution is 2.40. The summed E-state index contributed by atoms with van der Waals surface area (Å²) in [5.41, 5.74) is -1.91. The van der Waals surface area contributed by atoms with E-state index in [9.17, 15) is 14.0 Å². The van der Waals surface area contributed by atoms with E-state index in [4.69, 9.17) is 10.2 Å². The standard InChI is InChI=1S/C9H8BrFO4/c1-9(8(14)15)2-4(7(12)13)6(11)5(10)3-9/h3H,2H2,1H3,(H,12,13)(H,14,15). The molecule has 6 heteroatoms. The topological polar surface area (TPSA) is 74.6 Å². The van der Waals surface area contributed by atoms with Crippen LogP contribution in [0.2, 0.25) is 0 Å². The highest BCUT2D eigenvalue weighted by Gasteiger charge is 2.39. The minimum Gasteiger partial charge on any atom is -0.481 e. The number of hydrogen-bond acceptors (Lipinski definition) is 2. The molecule has 0 heterocycles. The fraction of sp³-hybridized carbons (Fsp3) is 0.333. The van der Waals surface area contributed by atoms with Gasteiger partial charge in [-0.1, -0.05) is 6.08 Å². The van der Waals surface area contributed by atoms with Crippen molar-refractivity contribution in [2.45, 2.75) is 13.3 Å². The van der Waals surface area contributed by atoms with Crippen LogP contribution in [-0.2, 0) is 9.59 Å². The molecule has 1 aliphatic carbocycles. The van der Waals surface area contributed by atoms with E-state index < -0.39 is 28.8 Å². The first-order valence-electron chi connectivity index (χ1n) is 4.02. The Bertz CT molecular complexity index is 399. The third-order valence-electron chi connectivity index (χ3n) is 2.21. The predicted molar refractivity (Wildman–Crippen MR) is 53.1 cm³/mol. The Labute approximate surface area is 93.2 Å². The lowest BCUT2D eigenvalue weighted by atomic mass is 9.80. The van der Waals surface area contributed by atoms with Gasteiger partial charge in [-0.25, -0.2) is 9.18 Å². The van der Waals surface area contributed by atoms with Crippen LogP contribution in [-0.4, -0.2) is 22.2 Å². The maximum atomic E-state index is 13.3. The Morgan fingerprint density at radius 1 is 1.53 bits per heavy atom. The Balaban J connectivity index is 3.23. The summed E-state index contributed by atoms with van der Waals surface area (Å²) in [6, 6.07) is 0. The van der Waals surface area contributed by atoms with Gasteiger partial charge in [0.2, 0.25) is 0 Å². The van der Waals surface area contributed by atoms with Gasteiger partial charge in [0.05, 0.1) is 15.5 Å². The smallest absolute Gasteiger partial charge is 0.334 e. The first-order valence-corrected chi connectivity index (χ1v) is 4.81. The Morgan fingerprint density at radius 3 is 2.47 bits per heavy atom. The Kier molecular flexibility index (Phi) is 2.99. The molecule has 0 aromatic carbocycles. The molecule has 0 saturated heterocycles. The third-order valence-corrected chi connectivity index (χ3v) is 2.79. The third kappa shape index (κ3) is 2.09. The molecule has 82 valence electrons. The summed E-state index contributed by atoms with van der Waals surface area (Å²) in [6.07, 6.45) is 0.801. The molecule has 1 atom stereocenters. The normalized spacial score (nSPS) is 26.2. The highest BCUT2D eigenvalue weighted by atomic mass is 79.9. The fourth-order valence-electron chi connectivity index (χ4n) is 1.29. The van der Waals surface area contributed by atoms with Crippen LogP contribution in [0.4, 0.5) is 4.39 Å². The number of hydrogen-bond donors (Lipinski definition) is 2. The second-order valence-corrected chi connectivity index (χ2v) is 4.34. The molecule has 15 heavy (non-hydrogen) atoms. The number of carbonyl (C=O) groups is 2. The van der Waals surface area contributed by atoms with Crippen molar-refractivity contribution in [3.63, 3.8) is 0 Å². The van der Waals surface area contributed by atoms with E-state index in [1.807, 2.05) is 0 Å². The zero-order chi connectivity index (χ0) is 11.8. The lowest BCUT2D eigenvalue weighted by Crippen LogP contribution is -2.30. The average molecular weight is 279 g/mol. The van der Waals surface area contributed by atoms with E-state index in [0.29, 0.717) is 0 Å². The number of carboxylic acid groups (broad SMARTS) is 2. The first kappa shape index (κ1) is 11.9. The molecule has 1 rings (SSSR count). The molecule has 1 unspecified atom stereocenters. The van der Waals surface area contributed by atoms with Crippen LogP contribution in [0.3, 0.4) is 0 Å². The fourth-order valence-corrected chi connectivity index (χ4v) is 2.03. The maximum absolute atomic E-state index is 13.3. The van der Waals surface area contributed by atoms with Gasteiger partial charge in [0.15, 0.2) is 0 Å². The van der Waals surface area contributed by atoms with Crippen molar-refractivity contribution in [2.75, 3.05) is 0 Å². The van der Waals surface area contributed by atoms with Gasteiger partial charge in [0, 0.05) is 6.42 Å². The molecule has 0 fully saturated rings. The summed E-state index contributed by atoms with van der Waals surface area (Å²) in [5.74, 6) is -3.54. The quantitative estimate of drug-likeness (QED) is 0.811. The number of halogens is 2. The molecule has 0 bridgehead atoms. The molecule has 0 saturated carbocycles. The molecular weight excluding hydrogens is 271 g/mol. The van der Waals surface area contributed by atoms with Crippen molar-refractivity contribution in [1.29, 1.82) is 0 Å². The van der Waals surface area contributed by atoms with E-state index in [1.54, 1.807) is 0 Å². The summed E-state index contributed by atoms with van der Waals surface area (Å²) < 4.78 is 13.2. The van der Waals surface area contributed by atoms with Gasteiger partial charge in [-0.2, -0.15) is 0 Å². The number of rotatable bonds is 2. The molecule has 4 nitrogen and oxygen atoms in total. The molecule has 0 amide bonds. The zero-order valence-corrected chi connectivity index (χ0v) is 9.34. The summed E-state index contributed by atoms with van der Waals surface area (Å²) in [7, 11) is 0. The van der Waals surface area contributed by atoms with Crippen LogP contribution >= 0.6 is 15.9 Å². The monoisotopic (exact) mass is 278 g/mol. The summed E-state index contributed by atoms with van der Waals surface area (Å²) >= 11 is 2.81. The SMILES string of the molecule is CC1(C(=O)O)C=C(Br)C(F)=C(C(=O)O)C1. The van der Waals surface area contributed by atoms with Gasteiger partial charge >= 0.3 is 11.9 Å². The summed E-state index contributed by atoms with van der Waals surface area (Å²) in [5, 5.41) is 17.6. The van der Waals surface area contributed by atoms with Crippen molar-refractivity contribution in [1.82, 2.24) is 0 Å². The Morgan fingerprint density at radius 2 is 2.07 bits per heavy atom. The lowest BCUT2D eigenvalue weighted by Gasteiger charge is -2.25. The van der Waals surface area contributed by atoms with Crippen LogP contribution in [0.15, 0.2) is 22.0 Å². The summed E-state index contributed by atoms with van der Waals surface area (Å²) in [6.45, 7) is 1.34. The van der Waals surface area contributed by atoms with Crippen LogP contribution in [0, 0.1) is 5.41 Å². The second kappa shape index (κ2) is 3.77. The average Bonchev–Trinajstić information content (AvgIpc) is 2.10. The highest BCUT2D eigenvalue weighted by molar-refractivity contribution is 9.11. The van der Waals surface area contributed by atoms with Crippen LogP contribution in [0.1, 0.15) is 13.3 Å². The van der Waals surface area contributed by atoms with Gasteiger partial charge in [-0.15, -0.1) is 0 Å². The molecule has 0 spiro atoms. The molecule has 1 aliphatic rings. The van der Waals surface area contributed by atoms with E-state index in [2.05, 4.69) is 15.9 Å². The molecule has 0 radical (unpaired) electrons. The minimum atomic E-state index is -1.44. The van der Waals surface area contributed by atoms with Crippen molar-refractivity contribution in [3.8, 4) is 0 Å². The molecule has 0 aliphatic heterocycles. The molecule has 0 aromatic rings.